The Kier molecular flexibility index (Phi) is 3.09. The van der Waals surface area contributed by atoms with Gasteiger partial charge in [0.15, 0.2) is 0 Å². The number of Topliss-reactive ketones (excluding diaryl/α,β-unsaturated/α-hetero) is 1. The van der Waals surface area contributed by atoms with Crippen LogP contribution < -0.4 is 4.74 Å². The summed E-state index contributed by atoms with van der Waals surface area (Å²) in [6.07, 6.45) is 0. The second-order valence-electron chi connectivity index (χ2n) is 3.22. The molecule has 0 bridgehead atoms. The lowest BCUT2D eigenvalue weighted by Crippen LogP contribution is -2.15. The van der Waals surface area contributed by atoms with Crippen molar-refractivity contribution in [1.82, 2.24) is 0 Å². The van der Waals surface area contributed by atoms with Crippen LogP contribution in [0.3, 0.4) is 0 Å². The van der Waals surface area contributed by atoms with Crippen LogP contribution in [-0.2, 0) is 4.79 Å². The molecule has 1 aromatic carbocycles. The van der Waals surface area contributed by atoms with E-state index < -0.39 is 11.8 Å². The van der Waals surface area contributed by atoms with Crippen LogP contribution in [0.2, 0.25) is 0 Å². The molecule has 1 aromatic rings. The monoisotopic (exact) mass is 208 g/mol. The van der Waals surface area contributed by atoms with E-state index in [2.05, 4.69) is 0 Å². The molecule has 0 unspecified atom stereocenters. The highest BCUT2D eigenvalue weighted by molar-refractivity contribution is 6.41. The predicted molar refractivity (Wildman–Crippen MR) is 54.4 cm³/mol. The van der Waals surface area contributed by atoms with Gasteiger partial charge in [-0.15, -0.1) is 0 Å². The summed E-state index contributed by atoms with van der Waals surface area (Å²) in [5, 5.41) is 8.67. The molecule has 0 amide bonds. The van der Waals surface area contributed by atoms with E-state index in [0.717, 1.165) is 5.56 Å². The second-order valence-corrected chi connectivity index (χ2v) is 3.22. The molecule has 0 atom stereocenters. The Morgan fingerprint density at radius 1 is 1.27 bits per heavy atom. The molecule has 4 nitrogen and oxygen atoms in total. The predicted octanol–water partition coefficient (Wildman–Crippen LogP) is 1.58. The number of rotatable bonds is 3. The largest absolute Gasteiger partial charge is 0.496 e. The molecule has 0 radical (unpaired) electrons. The van der Waals surface area contributed by atoms with E-state index in [-0.39, 0.29) is 5.56 Å². The first-order chi connectivity index (χ1) is 6.99. The number of carbonyl (C=O) groups excluding carboxylic acids is 1. The zero-order chi connectivity index (χ0) is 11.6. The zero-order valence-corrected chi connectivity index (χ0v) is 8.83. The van der Waals surface area contributed by atoms with Crippen molar-refractivity contribution in [3.05, 3.63) is 28.8 Å². The van der Waals surface area contributed by atoms with Gasteiger partial charge >= 0.3 is 5.97 Å². The van der Waals surface area contributed by atoms with Gasteiger partial charge in [0.05, 0.1) is 12.7 Å². The van der Waals surface area contributed by atoms with Gasteiger partial charge in [-0.25, -0.2) is 4.79 Å². The van der Waals surface area contributed by atoms with Crippen LogP contribution in [0.5, 0.6) is 5.75 Å². The maximum absolute atomic E-state index is 11.4. The second kappa shape index (κ2) is 4.13. The normalized spacial score (nSPS) is 9.80. The fourth-order valence-electron chi connectivity index (χ4n) is 1.35. The maximum Gasteiger partial charge on any atom is 0.377 e. The summed E-state index contributed by atoms with van der Waals surface area (Å²) in [6, 6.07) is 3.38. The molecule has 0 heterocycles. The van der Waals surface area contributed by atoms with Crippen molar-refractivity contribution in [2.24, 2.45) is 0 Å². The highest BCUT2D eigenvalue weighted by Crippen LogP contribution is 2.25. The zero-order valence-electron chi connectivity index (χ0n) is 8.83. The molecule has 4 heteroatoms. The average Bonchev–Trinajstić information content (AvgIpc) is 2.20. The molecule has 0 aliphatic carbocycles. The number of carboxylic acids is 1. The van der Waals surface area contributed by atoms with Crippen LogP contribution in [0.4, 0.5) is 0 Å². The van der Waals surface area contributed by atoms with Crippen molar-refractivity contribution in [2.75, 3.05) is 7.11 Å². The molecule has 0 saturated heterocycles. The SMILES string of the molecule is COc1ccc(C)c(C)c1C(=O)C(=O)O. The molecule has 15 heavy (non-hydrogen) atoms. The number of ether oxygens (including phenoxy) is 1. The summed E-state index contributed by atoms with van der Waals surface area (Å²) in [7, 11) is 1.41. The molecule has 0 aromatic heterocycles. The van der Waals surface area contributed by atoms with Gasteiger partial charge in [0.1, 0.15) is 5.75 Å². The number of aryl methyl sites for hydroxylation is 1. The van der Waals surface area contributed by atoms with E-state index in [1.165, 1.54) is 7.11 Å². The lowest BCUT2D eigenvalue weighted by molar-refractivity contribution is -0.131. The Bertz CT molecular complexity index is 421. The van der Waals surface area contributed by atoms with Crippen molar-refractivity contribution in [3.8, 4) is 5.75 Å². The fourth-order valence-corrected chi connectivity index (χ4v) is 1.35. The first kappa shape index (κ1) is 11.2. The number of ketones is 1. The van der Waals surface area contributed by atoms with Crippen LogP contribution in [0, 0.1) is 13.8 Å². The minimum absolute atomic E-state index is 0.130. The maximum atomic E-state index is 11.4. The number of hydrogen-bond donors (Lipinski definition) is 1. The Balaban J connectivity index is 3.42. The molecule has 0 aliphatic heterocycles. The minimum atomic E-state index is -1.47. The number of benzene rings is 1. The molecule has 1 N–H and O–H groups in total. The van der Waals surface area contributed by atoms with Crippen molar-refractivity contribution in [1.29, 1.82) is 0 Å². The third-order valence-corrected chi connectivity index (χ3v) is 2.34. The van der Waals surface area contributed by atoms with Gasteiger partial charge in [-0.1, -0.05) is 6.07 Å². The van der Waals surface area contributed by atoms with Gasteiger partial charge in [0.25, 0.3) is 5.78 Å². The molecule has 0 fully saturated rings. The third kappa shape index (κ3) is 1.98. The Morgan fingerprint density at radius 2 is 1.87 bits per heavy atom. The third-order valence-electron chi connectivity index (χ3n) is 2.34. The summed E-state index contributed by atoms with van der Waals surface area (Å²) in [5.74, 6) is -2.11. The first-order valence-electron chi connectivity index (χ1n) is 4.40. The Morgan fingerprint density at radius 3 is 2.33 bits per heavy atom. The number of hydrogen-bond acceptors (Lipinski definition) is 3. The van der Waals surface area contributed by atoms with Gasteiger partial charge in [0, 0.05) is 0 Å². The average molecular weight is 208 g/mol. The lowest BCUT2D eigenvalue weighted by Gasteiger charge is -2.10. The van der Waals surface area contributed by atoms with E-state index in [1.54, 1.807) is 19.1 Å². The highest BCUT2D eigenvalue weighted by Gasteiger charge is 2.22. The van der Waals surface area contributed by atoms with Crippen LogP contribution in [0.15, 0.2) is 12.1 Å². The highest BCUT2D eigenvalue weighted by atomic mass is 16.5. The summed E-state index contributed by atoms with van der Waals surface area (Å²) >= 11 is 0. The summed E-state index contributed by atoms with van der Waals surface area (Å²) in [4.78, 5) is 22.0. The first-order valence-corrected chi connectivity index (χ1v) is 4.40. The van der Waals surface area contributed by atoms with E-state index in [4.69, 9.17) is 9.84 Å². The van der Waals surface area contributed by atoms with Crippen molar-refractivity contribution < 1.29 is 19.4 Å². The van der Waals surface area contributed by atoms with Crippen LogP contribution in [-0.4, -0.2) is 24.0 Å². The van der Waals surface area contributed by atoms with Crippen LogP contribution >= 0.6 is 0 Å². The molecule has 1 rings (SSSR count). The minimum Gasteiger partial charge on any atom is -0.496 e. The van der Waals surface area contributed by atoms with Gasteiger partial charge in [0.2, 0.25) is 0 Å². The molecule has 0 saturated carbocycles. The van der Waals surface area contributed by atoms with Gasteiger partial charge < -0.3 is 9.84 Å². The summed E-state index contributed by atoms with van der Waals surface area (Å²) in [6.45, 7) is 3.52. The van der Waals surface area contributed by atoms with E-state index in [1.807, 2.05) is 6.92 Å². The van der Waals surface area contributed by atoms with Gasteiger partial charge in [-0.2, -0.15) is 0 Å². The van der Waals surface area contributed by atoms with Crippen molar-refractivity contribution >= 4 is 11.8 Å². The number of aliphatic carboxylic acids is 1. The van der Waals surface area contributed by atoms with Crippen LogP contribution in [0.25, 0.3) is 0 Å². The summed E-state index contributed by atoms with van der Waals surface area (Å²) in [5.41, 5.74) is 1.63. The molecule has 80 valence electrons. The van der Waals surface area contributed by atoms with Crippen LogP contribution in [0.1, 0.15) is 21.5 Å². The quantitative estimate of drug-likeness (QED) is 0.605. The topological polar surface area (TPSA) is 63.6 Å². The standard InChI is InChI=1S/C11H12O4/c1-6-4-5-8(15-3)9(7(6)2)10(12)11(13)14/h4-5H,1-3H3,(H,13,14). The van der Waals surface area contributed by atoms with E-state index in [9.17, 15) is 9.59 Å². The van der Waals surface area contributed by atoms with Gasteiger partial charge in [-0.3, -0.25) is 4.79 Å². The molecular weight excluding hydrogens is 196 g/mol. The number of methoxy groups -OCH3 is 1. The lowest BCUT2D eigenvalue weighted by atomic mass is 9.99. The Labute approximate surface area is 87.5 Å². The number of carboxylic acid groups (broad SMARTS) is 1. The molecular formula is C11H12O4. The van der Waals surface area contributed by atoms with Crippen molar-refractivity contribution in [3.63, 3.8) is 0 Å². The van der Waals surface area contributed by atoms with Gasteiger partial charge in [-0.05, 0) is 31.0 Å². The smallest absolute Gasteiger partial charge is 0.377 e. The van der Waals surface area contributed by atoms with E-state index >= 15 is 0 Å². The van der Waals surface area contributed by atoms with E-state index in [0.29, 0.717) is 11.3 Å². The Hall–Kier alpha value is -1.84. The molecule has 0 aliphatic rings. The molecule has 0 spiro atoms. The summed E-state index contributed by atoms with van der Waals surface area (Å²) < 4.78 is 4.97. The number of carbonyl (C=O) groups is 2. The van der Waals surface area contributed by atoms with Crippen molar-refractivity contribution in [2.45, 2.75) is 13.8 Å². The fraction of sp³-hybridized carbons (Fsp3) is 0.273.